The number of hydrogen-bond donors (Lipinski definition) is 2. The molecule has 21 heavy (non-hydrogen) atoms. The van der Waals surface area contributed by atoms with Gasteiger partial charge in [-0.15, -0.1) is 0 Å². The lowest BCUT2D eigenvalue weighted by molar-refractivity contribution is -0.124. The highest BCUT2D eigenvalue weighted by Gasteiger charge is 2.13. The molecule has 0 unspecified atom stereocenters. The molecule has 0 radical (unpaired) electrons. The van der Waals surface area contributed by atoms with Gasteiger partial charge in [0.15, 0.2) is 0 Å². The maximum atomic E-state index is 11.6. The van der Waals surface area contributed by atoms with Crippen molar-refractivity contribution in [3.63, 3.8) is 0 Å². The summed E-state index contributed by atoms with van der Waals surface area (Å²) in [5.41, 5.74) is 1.93. The fraction of sp³-hybridized carbons (Fsp3) is 0.412. The first-order chi connectivity index (χ1) is 9.80. The summed E-state index contributed by atoms with van der Waals surface area (Å²) in [4.78, 5) is 23.2. The van der Waals surface area contributed by atoms with Crippen LogP contribution in [0.5, 0.6) is 0 Å². The first-order valence-electron chi connectivity index (χ1n) is 7.16. The number of aryl methyl sites for hydroxylation is 1. The zero-order chi connectivity index (χ0) is 15.9. The fourth-order valence-corrected chi connectivity index (χ4v) is 1.73. The number of hydrogen-bond acceptors (Lipinski definition) is 2. The highest BCUT2D eigenvalue weighted by atomic mass is 16.2. The van der Waals surface area contributed by atoms with E-state index in [9.17, 15) is 9.59 Å². The monoisotopic (exact) mass is 288 g/mol. The van der Waals surface area contributed by atoms with Gasteiger partial charge >= 0.3 is 0 Å². The zero-order valence-corrected chi connectivity index (χ0v) is 13.2. The summed E-state index contributed by atoms with van der Waals surface area (Å²) in [7, 11) is 0. The molecule has 0 saturated heterocycles. The van der Waals surface area contributed by atoms with Crippen molar-refractivity contribution in [1.82, 2.24) is 10.6 Å². The van der Waals surface area contributed by atoms with Crippen LogP contribution in [-0.4, -0.2) is 23.9 Å². The van der Waals surface area contributed by atoms with Gasteiger partial charge in [-0.25, -0.2) is 0 Å². The van der Waals surface area contributed by atoms with Crippen molar-refractivity contribution in [2.75, 3.05) is 6.54 Å². The van der Waals surface area contributed by atoms with Crippen molar-refractivity contribution in [1.29, 1.82) is 0 Å². The van der Waals surface area contributed by atoms with E-state index >= 15 is 0 Å². The zero-order valence-electron chi connectivity index (χ0n) is 13.2. The fourth-order valence-electron chi connectivity index (χ4n) is 1.73. The maximum Gasteiger partial charge on any atom is 0.244 e. The molecule has 0 aliphatic rings. The van der Waals surface area contributed by atoms with Gasteiger partial charge in [-0.2, -0.15) is 0 Å². The highest BCUT2D eigenvalue weighted by molar-refractivity contribution is 5.94. The standard InChI is InChI=1S/C17H24N2O2/c1-5-13-6-8-14(9-7-13)10-11-15(20)18-12-16(21)19-17(2,3)4/h6-11H,5,12H2,1-4H3,(H,18,20)(H,19,21)/b11-10+. The van der Waals surface area contributed by atoms with Gasteiger partial charge in [0.1, 0.15) is 0 Å². The quantitative estimate of drug-likeness (QED) is 0.817. The third-order valence-corrected chi connectivity index (χ3v) is 2.75. The molecule has 0 aromatic heterocycles. The van der Waals surface area contributed by atoms with Gasteiger partial charge in [-0.1, -0.05) is 31.2 Å². The normalized spacial score (nSPS) is 11.4. The number of benzene rings is 1. The van der Waals surface area contributed by atoms with Crippen LogP contribution < -0.4 is 10.6 Å². The van der Waals surface area contributed by atoms with Crippen molar-refractivity contribution in [3.05, 3.63) is 41.5 Å². The van der Waals surface area contributed by atoms with Gasteiger partial charge in [0.2, 0.25) is 11.8 Å². The molecule has 1 aromatic rings. The lowest BCUT2D eigenvalue weighted by atomic mass is 10.1. The van der Waals surface area contributed by atoms with E-state index in [0.29, 0.717) is 0 Å². The molecule has 0 bridgehead atoms. The smallest absolute Gasteiger partial charge is 0.244 e. The van der Waals surface area contributed by atoms with Crippen molar-refractivity contribution in [2.45, 2.75) is 39.7 Å². The molecule has 0 aliphatic carbocycles. The van der Waals surface area contributed by atoms with Crippen molar-refractivity contribution < 1.29 is 9.59 Å². The van der Waals surface area contributed by atoms with Gasteiger partial charge in [0, 0.05) is 11.6 Å². The molecule has 0 fully saturated rings. The third-order valence-electron chi connectivity index (χ3n) is 2.75. The summed E-state index contributed by atoms with van der Waals surface area (Å²) in [5.74, 6) is -0.477. The average Bonchev–Trinajstić information content (AvgIpc) is 2.41. The minimum atomic E-state index is -0.293. The molecular weight excluding hydrogens is 264 g/mol. The molecule has 0 spiro atoms. The summed E-state index contributed by atoms with van der Waals surface area (Å²) < 4.78 is 0. The lowest BCUT2D eigenvalue weighted by Crippen LogP contribution is -2.45. The maximum absolute atomic E-state index is 11.6. The Balaban J connectivity index is 2.42. The molecule has 0 saturated carbocycles. The van der Waals surface area contributed by atoms with Gasteiger partial charge in [-0.3, -0.25) is 9.59 Å². The van der Waals surface area contributed by atoms with E-state index in [1.807, 2.05) is 45.0 Å². The van der Waals surface area contributed by atoms with Crippen LogP contribution in [0.3, 0.4) is 0 Å². The summed E-state index contributed by atoms with van der Waals surface area (Å²) in [6.07, 6.45) is 4.16. The van der Waals surface area contributed by atoms with E-state index in [2.05, 4.69) is 17.6 Å². The topological polar surface area (TPSA) is 58.2 Å². The Morgan fingerprint density at radius 2 is 1.76 bits per heavy atom. The minimum absolute atomic E-state index is 0.0186. The van der Waals surface area contributed by atoms with E-state index < -0.39 is 0 Å². The molecule has 0 aliphatic heterocycles. The first kappa shape index (κ1) is 17.0. The van der Waals surface area contributed by atoms with Gasteiger partial charge in [-0.05, 0) is 44.4 Å². The van der Waals surface area contributed by atoms with Crippen LogP contribution in [0.2, 0.25) is 0 Å². The number of amides is 2. The van der Waals surface area contributed by atoms with Gasteiger partial charge < -0.3 is 10.6 Å². The van der Waals surface area contributed by atoms with E-state index in [4.69, 9.17) is 0 Å². The van der Waals surface area contributed by atoms with Crippen LogP contribution >= 0.6 is 0 Å². The second kappa shape index (κ2) is 7.62. The molecular formula is C17H24N2O2. The molecule has 4 heteroatoms. The number of rotatable bonds is 5. The lowest BCUT2D eigenvalue weighted by Gasteiger charge is -2.20. The van der Waals surface area contributed by atoms with Crippen LogP contribution in [0.1, 0.15) is 38.8 Å². The van der Waals surface area contributed by atoms with E-state index in [-0.39, 0.29) is 23.9 Å². The van der Waals surface area contributed by atoms with E-state index in [1.54, 1.807) is 6.08 Å². The van der Waals surface area contributed by atoms with Crippen LogP contribution in [-0.2, 0) is 16.0 Å². The van der Waals surface area contributed by atoms with Gasteiger partial charge in [0.05, 0.1) is 6.54 Å². The molecule has 4 nitrogen and oxygen atoms in total. The molecule has 2 N–H and O–H groups in total. The molecule has 1 rings (SSSR count). The Kier molecular flexibility index (Phi) is 6.15. The van der Waals surface area contributed by atoms with Gasteiger partial charge in [0.25, 0.3) is 0 Å². The Labute approximate surface area is 126 Å². The van der Waals surface area contributed by atoms with Crippen LogP contribution in [0.4, 0.5) is 0 Å². The first-order valence-corrected chi connectivity index (χ1v) is 7.16. The summed E-state index contributed by atoms with van der Waals surface area (Å²) in [5, 5.41) is 5.34. The number of carbonyl (C=O) groups excluding carboxylic acids is 2. The second-order valence-electron chi connectivity index (χ2n) is 5.94. The summed E-state index contributed by atoms with van der Waals surface area (Å²) >= 11 is 0. The van der Waals surface area contributed by atoms with Crippen LogP contribution in [0, 0.1) is 0 Å². The Morgan fingerprint density at radius 3 is 2.29 bits per heavy atom. The predicted octanol–water partition coefficient (Wildman–Crippen LogP) is 2.29. The van der Waals surface area contributed by atoms with E-state index in [1.165, 1.54) is 11.6 Å². The number of carbonyl (C=O) groups is 2. The highest BCUT2D eigenvalue weighted by Crippen LogP contribution is 2.06. The Bertz CT molecular complexity index is 511. The molecule has 2 amide bonds. The number of nitrogens with one attached hydrogen (secondary N) is 2. The Morgan fingerprint density at radius 1 is 1.14 bits per heavy atom. The van der Waals surface area contributed by atoms with E-state index in [0.717, 1.165) is 12.0 Å². The minimum Gasteiger partial charge on any atom is -0.350 e. The van der Waals surface area contributed by atoms with Crippen LogP contribution in [0.25, 0.3) is 6.08 Å². The molecule has 114 valence electrons. The SMILES string of the molecule is CCc1ccc(/C=C/C(=O)NCC(=O)NC(C)(C)C)cc1. The molecule has 0 atom stereocenters. The predicted molar refractivity (Wildman–Crippen MR) is 85.8 cm³/mol. The summed E-state index contributed by atoms with van der Waals surface area (Å²) in [6.45, 7) is 7.77. The summed E-state index contributed by atoms with van der Waals surface area (Å²) in [6, 6.07) is 8.01. The largest absolute Gasteiger partial charge is 0.350 e. The van der Waals surface area contributed by atoms with Crippen molar-refractivity contribution in [3.8, 4) is 0 Å². The van der Waals surface area contributed by atoms with Crippen LogP contribution in [0.15, 0.2) is 30.3 Å². The Hall–Kier alpha value is -2.10. The molecule has 1 aromatic carbocycles. The third kappa shape index (κ3) is 7.30. The second-order valence-corrected chi connectivity index (χ2v) is 5.94. The van der Waals surface area contributed by atoms with Crippen molar-refractivity contribution >= 4 is 17.9 Å². The average molecular weight is 288 g/mol. The molecule has 0 heterocycles. The van der Waals surface area contributed by atoms with Crippen molar-refractivity contribution in [2.24, 2.45) is 0 Å².